The number of nitrogens with two attached hydrogens (primary N) is 1. The molecular formula is C11H20ClN3OS. The topological polar surface area (TPSA) is 68.0 Å². The second kappa shape index (κ2) is 7.63. The van der Waals surface area contributed by atoms with Gasteiger partial charge in [0.05, 0.1) is 5.69 Å². The lowest BCUT2D eigenvalue weighted by Gasteiger charge is -2.04. The standard InChI is InChI=1S/C11H19N3OS.ClH/c1-7(2)9-6-16-11(13-9)14-10(15)5-4-8(3)12;/h6-8H,4-5,12H2,1-3H3,(H,13,14,15);1H. The van der Waals surface area contributed by atoms with Crippen molar-refractivity contribution >= 4 is 34.8 Å². The van der Waals surface area contributed by atoms with Gasteiger partial charge >= 0.3 is 0 Å². The van der Waals surface area contributed by atoms with Gasteiger partial charge in [-0.1, -0.05) is 13.8 Å². The Kier molecular flexibility index (Phi) is 7.34. The SMILES string of the molecule is CC(N)CCC(=O)Nc1nc(C(C)C)cs1.Cl. The molecule has 0 aromatic carbocycles. The third-order valence-electron chi connectivity index (χ3n) is 2.19. The molecule has 0 aliphatic heterocycles. The summed E-state index contributed by atoms with van der Waals surface area (Å²) >= 11 is 1.47. The summed E-state index contributed by atoms with van der Waals surface area (Å²) in [7, 11) is 0. The summed E-state index contributed by atoms with van der Waals surface area (Å²) < 4.78 is 0. The fraction of sp³-hybridized carbons (Fsp3) is 0.636. The maximum atomic E-state index is 11.5. The van der Waals surface area contributed by atoms with Crippen LogP contribution in [0.5, 0.6) is 0 Å². The van der Waals surface area contributed by atoms with Crippen molar-refractivity contribution in [1.29, 1.82) is 0 Å². The molecule has 3 N–H and O–H groups in total. The number of hydrogen-bond acceptors (Lipinski definition) is 4. The third kappa shape index (κ3) is 6.00. The number of carbonyl (C=O) groups is 1. The molecule has 0 saturated carbocycles. The molecule has 0 fully saturated rings. The quantitative estimate of drug-likeness (QED) is 0.870. The van der Waals surface area contributed by atoms with Crippen LogP contribution < -0.4 is 11.1 Å². The van der Waals surface area contributed by atoms with E-state index in [2.05, 4.69) is 24.1 Å². The molecule has 1 unspecified atom stereocenters. The summed E-state index contributed by atoms with van der Waals surface area (Å²) in [6, 6.07) is 0.0632. The smallest absolute Gasteiger partial charge is 0.226 e. The Hall–Kier alpha value is -0.650. The molecule has 17 heavy (non-hydrogen) atoms. The highest BCUT2D eigenvalue weighted by Gasteiger charge is 2.09. The average Bonchev–Trinajstić information content (AvgIpc) is 2.63. The number of hydrogen-bond donors (Lipinski definition) is 2. The van der Waals surface area contributed by atoms with Crippen molar-refractivity contribution in [2.24, 2.45) is 5.73 Å². The Balaban J connectivity index is 0.00000256. The number of anilines is 1. The van der Waals surface area contributed by atoms with Crippen LogP contribution in [0, 0.1) is 0 Å². The summed E-state index contributed by atoms with van der Waals surface area (Å²) in [6.07, 6.45) is 1.16. The molecule has 6 heteroatoms. The third-order valence-corrected chi connectivity index (χ3v) is 2.96. The van der Waals surface area contributed by atoms with Crippen LogP contribution in [0.4, 0.5) is 5.13 Å². The zero-order valence-electron chi connectivity index (χ0n) is 10.4. The van der Waals surface area contributed by atoms with Crippen molar-refractivity contribution in [2.45, 2.75) is 45.6 Å². The minimum absolute atomic E-state index is 0. The number of carbonyl (C=O) groups excluding carboxylic acids is 1. The predicted molar refractivity (Wildman–Crippen MR) is 75.0 cm³/mol. The molecule has 0 aliphatic rings. The lowest BCUT2D eigenvalue weighted by atomic mass is 10.2. The molecule has 1 aromatic heterocycles. The summed E-state index contributed by atoms with van der Waals surface area (Å²) in [5.41, 5.74) is 6.61. The van der Waals surface area contributed by atoms with Crippen molar-refractivity contribution in [2.75, 3.05) is 5.32 Å². The first-order valence-corrected chi connectivity index (χ1v) is 6.38. The normalized spacial score (nSPS) is 12.1. The van der Waals surface area contributed by atoms with Gasteiger partial charge in [-0.2, -0.15) is 0 Å². The van der Waals surface area contributed by atoms with Gasteiger partial charge in [0, 0.05) is 17.8 Å². The van der Waals surface area contributed by atoms with Gasteiger partial charge < -0.3 is 11.1 Å². The molecule has 1 amide bonds. The van der Waals surface area contributed by atoms with Crippen molar-refractivity contribution in [3.8, 4) is 0 Å². The largest absolute Gasteiger partial charge is 0.328 e. The number of rotatable bonds is 5. The van der Waals surface area contributed by atoms with E-state index in [0.717, 1.165) is 5.69 Å². The second-order valence-electron chi connectivity index (χ2n) is 4.30. The van der Waals surface area contributed by atoms with Gasteiger partial charge in [-0.3, -0.25) is 4.79 Å². The lowest BCUT2D eigenvalue weighted by Crippen LogP contribution is -2.19. The Labute approximate surface area is 112 Å². The summed E-state index contributed by atoms with van der Waals surface area (Å²) in [5.74, 6) is 0.382. The molecule has 1 aromatic rings. The zero-order chi connectivity index (χ0) is 12.1. The van der Waals surface area contributed by atoms with Crippen LogP contribution in [0.15, 0.2) is 5.38 Å². The van der Waals surface area contributed by atoms with Crippen LogP contribution in [-0.2, 0) is 4.79 Å². The van der Waals surface area contributed by atoms with Gasteiger partial charge in [-0.25, -0.2) is 4.98 Å². The van der Waals surface area contributed by atoms with Gasteiger partial charge in [0.1, 0.15) is 0 Å². The summed E-state index contributed by atoms with van der Waals surface area (Å²) in [5, 5.41) is 5.44. The van der Waals surface area contributed by atoms with Crippen molar-refractivity contribution in [3.63, 3.8) is 0 Å². The molecule has 4 nitrogen and oxygen atoms in total. The summed E-state index contributed by atoms with van der Waals surface area (Å²) in [4.78, 5) is 15.8. The molecule has 0 spiro atoms. The van der Waals surface area contributed by atoms with Crippen LogP contribution >= 0.6 is 23.7 Å². The lowest BCUT2D eigenvalue weighted by molar-refractivity contribution is -0.116. The van der Waals surface area contributed by atoms with Crippen molar-refractivity contribution < 1.29 is 4.79 Å². The van der Waals surface area contributed by atoms with Gasteiger partial charge in [0.2, 0.25) is 5.91 Å². The minimum Gasteiger partial charge on any atom is -0.328 e. The first-order valence-electron chi connectivity index (χ1n) is 5.50. The number of nitrogens with one attached hydrogen (secondary N) is 1. The van der Waals surface area contributed by atoms with E-state index in [0.29, 0.717) is 23.9 Å². The Morgan fingerprint density at radius 1 is 1.53 bits per heavy atom. The maximum absolute atomic E-state index is 11.5. The van der Waals surface area contributed by atoms with Crippen LogP contribution in [0.25, 0.3) is 0 Å². The van der Waals surface area contributed by atoms with Crippen LogP contribution in [0.1, 0.15) is 45.2 Å². The molecule has 0 radical (unpaired) electrons. The number of aromatic nitrogens is 1. The molecule has 1 atom stereocenters. The van der Waals surface area contributed by atoms with E-state index in [1.807, 2.05) is 12.3 Å². The molecule has 0 bridgehead atoms. The van der Waals surface area contributed by atoms with E-state index in [-0.39, 0.29) is 24.4 Å². The van der Waals surface area contributed by atoms with Crippen molar-refractivity contribution in [1.82, 2.24) is 4.98 Å². The molecule has 1 rings (SSSR count). The zero-order valence-corrected chi connectivity index (χ0v) is 12.0. The highest BCUT2D eigenvalue weighted by molar-refractivity contribution is 7.13. The highest BCUT2D eigenvalue weighted by atomic mass is 35.5. The van der Waals surface area contributed by atoms with Gasteiger partial charge in [0.25, 0.3) is 0 Å². The average molecular weight is 278 g/mol. The fourth-order valence-electron chi connectivity index (χ4n) is 1.15. The second-order valence-corrected chi connectivity index (χ2v) is 5.15. The monoisotopic (exact) mass is 277 g/mol. The van der Waals surface area contributed by atoms with E-state index in [1.54, 1.807) is 0 Å². The fourth-order valence-corrected chi connectivity index (χ4v) is 2.04. The van der Waals surface area contributed by atoms with Gasteiger partial charge in [-0.05, 0) is 19.3 Å². The Bertz CT molecular complexity index is 352. The number of nitrogens with zero attached hydrogens (tertiary/aromatic N) is 1. The molecule has 0 saturated heterocycles. The molecular weight excluding hydrogens is 258 g/mol. The van der Waals surface area contributed by atoms with E-state index >= 15 is 0 Å². The van der Waals surface area contributed by atoms with Crippen LogP contribution in [-0.4, -0.2) is 16.9 Å². The Morgan fingerprint density at radius 2 is 2.18 bits per heavy atom. The minimum atomic E-state index is -0.0121. The first kappa shape index (κ1) is 16.4. The van der Waals surface area contributed by atoms with E-state index in [9.17, 15) is 4.79 Å². The molecule has 1 heterocycles. The van der Waals surface area contributed by atoms with Gasteiger partial charge in [0.15, 0.2) is 5.13 Å². The van der Waals surface area contributed by atoms with Crippen LogP contribution in [0.3, 0.4) is 0 Å². The van der Waals surface area contributed by atoms with E-state index in [1.165, 1.54) is 11.3 Å². The predicted octanol–water partition coefficient (Wildman–Crippen LogP) is 2.75. The summed E-state index contributed by atoms with van der Waals surface area (Å²) in [6.45, 7) is 6.06. The number of thiazole rings is 1. The first-order chi connectivity index (χ1) is 7.49. The van der Waals surface area contributed by atoms with E-state index < -0.39 is 0 Å². The number of halogens is 1. The molecule has 98 valence electrons. The van der Waals surface area contributed by atoms with Gasteiger partial charge in [-0.15, -0.1) is 23.7 Å². The molecule has 0 aliphatic carbocycles. The highest BCUT2D eigenvalue weighted by Crippen LogP contribution is 2.21. The Morgan fingerprint density at radius 3 is 2.65 bits per heavy atom. The van der Waals surface area contributed by atoms with Crippen molar-refractivity contribution in [3.05, 3.63) is 11.1 Å². The maximum Gasteiger partial charge on any atom is 0.226 e. The van der Waals surface area contributed by atoms with Crippen LogP contribution in [0.2, 0.25) is 0 Å². The van der Waals surface area contributed by atoms with E-state index in [4.69, 9.17) is 5.73 Å². The number of amides is 1.